The van der Waals surface area contributed by atoms with Gasteiger partial charge in [0.05, 0.1) is 6.61 Å². The molecule has 28 heavy (non-hydrogen) atoms. The molecule has 0 radical (unpaired) electrons. The summed E-state index contributed by atoms with van der Waals surface area (Å²) in [5, 5.41) is 2.87. The molecule has 0 N–H and O–H groups in total. The lowest BCUT2D eigenvalue weighted by molar-refractivity contribution is 0.342. The molecule has 0 saturated heterocycles. The van der Waals surface area contributed by atoms with E-state index in [0.29, 0.717) is 0 Å². The van der Waals surface area contributed by atoms with Crippen LogP contribution in [0, 0.1) is 5.92 Å². The maximum Gasteiger partial charge on any atom is 0.218 e. The molecule has 0 heterocycles. The molecule has 1 unspecified atom stereocenters. The Morgan fingerprint density at radius 1 is 0.893 bits per heavy atom. The summed E-state index contributed by atoms with van der Waals surface area (Å²) >= 11 is 0. The van der Waals surface area contributed by atoms with E-state index in [-0.39, 0.29) is 0 Å². The van der Waals surface area contributed by atoms with Crippen molar-refractivity contribution in [1.29, 1.82) is 0 Å². The number of benzene rings is 2. The molecule has 0 spiro atoms. The average Bonchev–Trinajstić information content (AvgIpc) is 2.71. The van der Waals surface area contributed by atoms with Crippen molar-refractivity contribution >= 4 is 26.8 Å². The maximum absolute atomic E-state index is 6.62. The third kappa shape index (κ3) is 6.87. The summed E-state index contributed by atoms with van der Waals surface area (Å²) in [5.41, 5.74) is 4.09. The fourth-order valence-corrected chi connectivity index (χ4v) is 7.65. The SMILES string of the molecule is CCC(C)CC/C(=C\[Si](C)(C)c1ccccc1)CO[Si](C)(C)c1ccccc1. The van der Waals surface area contributed by atoms with Crippen LogP contribution >= 0.6 is 0 Å². The van der Waals surface area contributed by atoms with E-state index in [1.807, 2.05) is 0 Å². The Hall–Kier alpha value is -1.43. The van der Waals surface area contributed by atoms with Crippen molar-refractivity contribution in [3.63, 3.8) is 0 Å². The predicted molar refractivity (Wildman–Crippen MR) is 130 cm³/mol. The molecule has 0 aliphatic rings. The van der Waals surface area contributed by atoms with Crippen molar-refractivity contribution in [3.05, 3.63) is 71.9 Å². The Morgan fingerprint density at radius 2 is 1.43 bits per heavy atom. The minimum absolute atomic E-state index is 0.768. The second kappa shape index (κ2) is 10.4. The van der Waals surface area contributed by atoms with Gasteiger partial charge >= 0.3 is 0 Å². The van der Waals surface area contributed by atoms with Gasteiger partial charge in [0.25, 0.3) is 0 Å². The van der Waals surface area contributed by atoms with Crippen molar-refractivity contribution in [1.82, 2.24) is 0 Å². The molecule has 0 bridgehead atoms. The van der Waals surface area contributed by atoms with E-state index in [4.69, 9.17) is 4.43 Å². The van der Waals surface area contributed by atoms with Gasteiger partial charge in [0.2, 0.25) is 8.32 Å². The summed E-state index contributed by atoms with van der Waals surface area (Å²) in [6.07, 6.45) is 3.65. The van der Waals surface area contributed by atoms with E-state index in [9.17, 15) is 0 Å². The Balaban J connectivity index is 2.19. The van der Waals surface area contributed by atoms with Crippen LogP contribution in [0.5, 0.6) is 0 Å². The Kier molecular flexibility index (Phi) is 8.47. The quantitative estimate of drug-likeness (QED) is 0.435. The Labute approximate surface area is 175 Å². The molecule has 0 saturated carbocycles. The zero-order valence-electron chi connectivity index (χ0n) is 18.7. The van der Waals surface area contributed by atoms with E-state index in [2.05, 4.69) is 106 Å². The predicted octanol–water partition coefficient (Wildman–Crippen LogP) is 6.02. The largest absolute Gasteiger partial charge is 0.409 e. The number of rotatable bonds is 10. The second-order valence-electron chi connectivity index (χ2n) is 9.11. The standard InChI is InChI=1S/C25H38OSi2/c1-7-22(2)18-19-23(21-27(3,4)24-14-10-8-11-15-24)20-26-28(5,6)25-16-12-9-13-17-25/h8-17,21-22H,7,18-20H2,1-6H3/b23-21+. The molecule has 0 fully saturated rings. The first-order chi connectivity index (χ1) is 13.2. The van der Waals surface area contributed by atoms with Gasteiger partial charge in [0, 0.05) is 0 Å². The van der Waals surface area contributed by atoms with Gasteiger partial charge < -0.3 is 4.43 Å². The van der Waals surface area contributed by atoms with Gasteiger partial charge in [-0.2, -0.15) is 0 Å². The van der Waals surface area contributed by atoms with Crippen molar-refractivity contribution in [2.75, 3.05) is 6.61 Å². The summed E-state index contributed by atoms with van der Waals surface area (Å²) in [6, 6.07) is 21.8. The van der Waals surface area contributed by atoms with Gasteiger partial charge in [-0.15, -0.1) is 0 Å². The van der Waals surface area contributed by atoms with Crippen LogP contribution in [0.3, 0.4) is 0 Å². The molecule has 1 atom stereocenters. The van der Waals surface area contributed by atoms with Crippen LogP contribution in [-0.2, 0) is 4.43 Å². The van der Waals surface area contributed by atoms with Gasteiger partial charge in [-0.25, -0.2) is 0 Å². The first-order valence-electron chi connectivity index (χ1n) is 10.7. The van der Waals surface area contributed by atoms with E-state index in [0.717, 1.165) is 18.9 Å². The first-order valence-corrected chi connectivity index (χ1v) is 16.7. The van der Waals surface area contributed by atoms with Crippen LogP contribution < -0.4 is 10.4 Å². The highest BCUT2D eigenvalue weighted by molar-refractivity contribution is 6.94. The molecule has 0 aromatic heterocycles. The lowest BCUT2D eigenvalue weighted by atomic mass is 10.0. The van der Waals surface area contributed by atoms with Crippen LogP contribution in [0.25, 0.3) is 0 Å². The van der Waals surface area contributed by atoms with Gasteiger partial charge in [0.1, 0.15) is 8.07 Å². The van der Waals surface area contributed by atoms with E-state index >= 15 is 0 Å². The Bertz CT molecular complexity index is 736. The second-order valence-corrected chi connectivity index (χ2v) is 17.3. The zero-order chi connectivity index (χ0) is 20.6. The third-order valence-corrected chi connectivity index (χ3v) is 11.4. The molecular formula is C25H38OSi2. The summed E-state index contributed by atoms with van der Waals surface area (Å²) in [4.78, 5) is 0. The van der Waals surface area contributed by atoms with Crippen molar-refractivity contribution < 1.29 is 4.43 Å². The van der Waals surface area contributed by atoms with Crippen molar-refractivity contribution in [2.24, 2.45) is 5.92 Å². The highest BCUT2D eigenvalue weighted by Gasteiger charge is 2.26. The normalized spacial score (nSPS) is 14.1. The zero-order valence-corrected chi connectivity index (χ0v) is 20.7. The molecule has 0 aliphatic heterocycles. The third-order valence-electron chi connectivity index (χ3n) is 5.83. The minimum atomic E-state index is -1.89. The van der Waals surface area contributed by atoms with Crippen LogP contribution in [0.4, 0.5) is 0 Å². The molecule has 152 valence electrons. The lowest BCUT2D eigenvalue weighted by Gasteiger charge is -2.26. The summed E-state index contributed by atoms with van der Waals surface area (Å²) in [7, 11) is -3.51. The van der Waals surface area contributed by atoms with E-state index in [1.165, 1.54) is 28.8 Å². The monoisotopic (exact) mass is 410 g/mol. The van der Waals surface area contributed by atoms with E-state index in [1.54, 1.807) is 0 Å². The van der Waals surface area contributed by atoms with Gasteiger partial charge in [-0.3, -0.25) is 0 Å². The summed E-state index contributed by atoms with van der Waals surface area (Å²) in [6.45, 7) is 15.0. The highest BCUT2D eigenvalue weighted by Crippen LogP contribution is 2.20. The first kappa shape index (κ1) is 22.9. The number of hydrogen-bond acceptors (Lipinski definition) is 1. The summed E-state index contributed by atoms with van der Waals surface area (Å²) < 4.78 is 6.62. The molecule has 1 nitrogen and oxygen atoms in total. The average molecular weight is 411 g/mol. The smallest absolute Gasteiger partial charge is 0.218 e. The lowest BCUT2D eigenvalue weighted by Crippen LogP contribution is -2.45. The van der Waals surface area contributed by atoms with Crippen molar-refractivity contribution in [3.8, 4) is 0 Å². The fraction of sp³-hybridized carbons (Fsp3) is 0.440. The Morgan fingerprint density at radius 3 is 1.96 bits per heavy atom. The summed E-state index contributed by atoms with van der Waals surface area (Å²) in [5.74, 6) is 0.768. The minimum Gasteiger partial charge on any atom is -0.409 e. The number of hydrogen-bond donors (Lipinski definition) is 0. The van der Waals surface area contributed by atoms with Gasteiger partial charge in [-0.1, -0.05) is 110 Å². The molecule has 0 amide bonds. The fourth-order valence-electron chi connectivity index (χ4n) is 3.48. The van der Waals surface area contributed by atoms with Gasteiger partial charge in [0.15, 0.2) is 0 Å². The molecule has 2 aromatic carbocycles. The molecule has 2 rings (SSSR count). The van der Waals surface area contributed by atoms with Crippen LogP contribution in [0.1, 0.15) is 33.1 Å². The van der Waals surface area contributed by atoms with E-state index < -0.39 is 16.4 Å². The van der Waals surface area contributed by atoms with Crippen molar-refractivity contribution in [2.45, 2.75) is 59.3 Å². The van der Waals surface area contributed by atoms with Crippen LogP contribution in [0.15, 0.2) is 71.9 Å². The molecule has 3 heteroatoms. The van der Waals surface area contributed by atoms with Gasteiger partial charge in [-0.05, 0) is 37.0 Å². The highest BCUT2D eigenvalue weighted by atomic mass is 28.4. The molecule has 2 aromatic rings. The topological polar surface area (TPSA) is 9.23 Å². The molecular weight excluding hydrogens is 372 g/mol. The molecule has 0 aliphatic carbocycles. The van der Waals surface area contributed by atoms with Crippen LogP contribution in [0.2, 0.25) is 26.2 Å². The maximum atomic E-state index is 6.62. The van der Waals surface area contributed by atoms with Crippen LogP contribution in [-0.4, -0.2) is 23.0 Å².